The van der Waals surface area contributed by atoms with Gasteiger partial charge in [-0.3, -0.25) is 8.98 Å². The lowest BCUT2D eigenvalue weighted by atomic mass is 10.5. The molecule has 0 saturated carbocycles. The lowest BCUT2D eigenvalue weighted by molar-refractivity contribution is -0.127. The van der Waals surface area contributed by atoms with Crippen molar-refractivity contribution in [1.82, 2.24) is 0 Å². The zero-order valence-electron chi connectivity index (χ0n) is 6.60. The van der Waals surface area contributed by atoms with E-state index in [0.717, 1.165) is 6.26 Å². The molecule has 0 radical (unpaired) electrons. The first kappa shape index (κ1) is 11.1. The van der Waals surface area contributed by atoms with Crippen LogP contribution in [0.4, 0.5) is 0 Å². The molecule has 0 aromatic heterocycles. The Kier molecular flexibility index (Phi) is 5.31. The van der Waals surface area contributed by atoms with E-state index in [2.05, 4.69) is 8.92 Å². The highest BCUT2D eigenvalue weighted by atomic mass is 32.2. The van der Waals surface area contributed by atoms with E-state index >= 15 is 0 Å². The maximum Gasteiger partial charge on any atom is 0.293 e. The van der Waals surface area contributed by atoms with Gasteiger partial charge in [0, 0.05) is 0 Å². The Hall–Kier alpha value is -0.880. The van der Waals surface area contributed by atoms with Crippen molar-refractivity contribution in [3.63, 3.8) is 0 Å². The molecule has 0 aromatic carbocycles. The number of ether oxygens (including phenoxy) is 1. The normalized spacial score (nSPS) is 11.8. The molecule has 0 bridgehead atoms. The van der Waals surface area contributed by atoms with Crippen LogP contribution < -0.4 is 0 Å². The smallest absolute Gasteiger partial charge is 0.293 e. The molecular weight excluding hydrogens is 184 g/mol. The molecule has 0 aliphatic carbocycles. The van der Waals surface area contributed by atoms with Crippen LogP contribution in [0.25, 0.3) is 0 Å². The van der Waals surface area contributed by atoms with Crippen molar-refractivity contribution in [3.8, 4) is 0 Å². The van der Waals surface area contributed by atoms with Gasteiger partial charge in [0.2, 0.25) is 0 Å². The third kappa shape index (κ3) is 9.12. The molecule has 0 saturated heterocycles. The van der Waals surface area contributed by atoms with E-state index in [1.165, 1.54) is 12.2 Å². The molecule has 70 valence electrons. The fourth-order valence-corrected chi connectivity index (χ4v) is 0.720. The van der Waals surface area contributed by atoms with Crippen LogP contribution >= 0.6 is 0 Å². The Labute approximate surface area is 71.1 Å². The number of carbonyl (C=O) groups is 1. The molecule has 0 spiro atoms. The second-order valence-electron chi connectivity index (χ2n) is 1.89. The largest absolute Gasteiger partial charge is 0.464 e. The zero-order valence-corrected chi connectivity index (χ0v) is 7.41. The first-order valence-electron chi connectivity index (χ1n) is 3.11. The van der Waals surface area contributed by atoms with E-state index in [0.29, 0.717) is 6.47 Å². The third-order valence-corrected chi connectivity index (χ3v) is 1.37. The lowest BCUT2D eigenvalue weighted by Crippen LogP contribution is -2.02. The minimum Gasteiger partial charge on any atom is -0.464 e. The van der Waals surface area contributed by atoms with E-state index in [9.17, 15) is 13.2 Å². The first-order valence-corrected chi connectivity index (χ1v) is 4.92. The van der Waals surface area contributed by atoms with E-state index in [1.807, 2.05) is 0 Å². The van der Waals surface area contributed by atoms with Crippen LogP contribution in [0.1, 0.15) is 0 Å². The van der Waals surface area contributed by atoms with Gasteiger partial charge in [0.25, 0.3) is 16.6 Å². The van der Waals surface area contributed by atoms with Gasteiger partial charge in [0.1, 0.15) is 6.61 Å². The summed E-state index contributed by atoms with van der Waals surface area (Å²) in [6.07, 6.45) is 3.90. The Morgan fingerprint density at radius 3 is 2.33 bits per heavy atom. The van der Waals surface area contributed by atoms with Crippen LogP contribution in [0.2, 0.25) is 0 Å². The number of hydrogen-bond acceptors (Lipinski definition) is 5. The quantitative estimate of drug-likeness (QED) is 0.251. The summed E-state index contributed by atoms with van der Waals surface area (Å²) in [5.74, 6) is 0. The predicted octanol–water partition coefficient (Wildman–Crippen LogP) is -0.308. The molecule has 0 amide bonds. The number of hydrogen-bond donors (Lipinski definition) is 0. The van der Waals surface area contributed by atoms with Crippen LogP contribution in [0.15, 0.2) is 12.2 Å². The van der Waals surface area contributed by atoms with Crippen molar-refractivity contribution in [2.45, 2.75) is 0 Å². The van der Waals surface area contributed by atoms with Crippen molar-refractivity contribution in [2.24, 2.45) is 0 Å². The van der Waals surface area contributed by atoms with Crippen molar-refractivity contribution >= 4 is 16.6 Å². The second kappa shape index (κ2) is 5.73. The summed E-state index contributed by atoms with van der Waals surface area (Å²) in [4.78, 5) is 9.61. The van der Waals surface area contributed by atoms with Crippen molar-refractivity contribution < 1.29 is 22.1 Å². The molecule has 5 nitrogen and oxygen atoms in total. The van der Waals surface area contributed by atoms with Gasteiger partial charge in [0.05, 0.1) is 12.9 Å². The molecule has 6 heteroatoms. The minimum atomic E-state index is -3.38. The molecule has 0 fully saturated rings. The van der Waals surface area contributed by atoms with Crippen molar-refractivity contribution in [3.05, 3.63) is 12.2 Å². The van der Waals surface area contributed by atoms with Crippen LogP contribution in [-0.4, -0.2) is 34.4 Å². The highest BCUT2D eigenvalue weighted by molar-refractivity contribution is 7.85. The van der Waals surface area contributed by atoms with Gasteiger partial charge in [-0.1, -0.05) is 6.08 Å². The van der Waals surface area contributed by atoms with Crippen LogP contribution in [0.5, 0.6) is 0 Å². The minimum absolute atomic E-state index is 0.0406. The molecule has 0 atom stereocenters. The topological polar surface area (TPSA) is 69.7 Å². The monoisotopic (exact) mass is 194 g/mol. The highest BCUT2D eigenvalue weighted by Gasteiger charge is 1.96. The summed E-state index contributed by atoms with van der Waals surface area (Å²) < 4.78 is 29.4. The molecule has 0 aliphatic heterocycles. The fourth-order valence-electron chi connectivity index (χ4n) is 0.394. The molecule has 12 heavy (non-hydrogen) atoms. The average molecular weight is 194 g/mol. The molecule has 0 heterocycles. The van der Waals surface area contributed by atoms with Crippen molar-refractivity contribution in [1.29, 1.82) is 0 Å². The van der Waals surface area contributed by atoms with Gasteiger partial charge in [-0.15, -0.1) is 0 Å². The Balaban J connectivity index is 3.43. The maximum atomic E-state index is 10.4. The molecule has 0 unspecified atom stereocenters. The summed E-state index contributed by atoms with van der Waals surface area (Å²) >= 11 is 0. The number of carbonyl (C=O) groups excluding carboxylic acids is 1. The summed E-state index contributed by atoms with van der Waals surface area (Å²) in [7, 11) is -3.38. The van der Waals surface area contributed by atoms with Crippen LogP contribution in [0.3, 0.4) is 0 Å². The van der Waals surface area contributed by atoms with E-state index in [4.69, 9.17) is 0 Å². The van der Waals surface area contributed by atoms with Crippen LogP contribution in [0, 0.1) is 0 Å². The molecular formula is C6H10O5S. The van der Waals surface area contributed by atoms with E-state index < -0.39 is 10.1 Å². The fraction of sp³-hybridized carbons (Fsp3) is 0.500. The van der Waals surface area contributed by atoms with E-state index in [-0.39, 0.29) is 13.2 Å². The summed E-state index contributed by atoms with van der Waals surface area (Å²) in [6.45, 7) is 0.388. The van der Waals surface area contributed by atoms with Crippen molar-refractivity contribution in [2.75, 3.05) is 19.5 Å². The molecule has 0 aromatic rings. The van der Waals surface area contributed by atoms with Gasteiger partial charge in [-0.2, -0.15) is 8.42 Å². The highest BCUT2D eigenvalue weighted by Crippen LogP contribution is 1.86. The number of rotatable bonds is 6. The van der Waals surface area contributed by atoms with Gasteiger partial charge in [-0.25, -0.2) is 0 Å². The first-order chi connectivity index (χ1) is 5.56. The summed E-state index contributed by atoms with van der Waals surface area (Å²) in [5, 5.41) is 0. The second-order valence-corrected chi connectivity index (χ2v) is 3.53. The Morgan fingerprint density at radius 2 is 1.83 bits per heavy atom. The van der Waals surface area contributed by atoms with E-state index in [1.54, 1.807) is 0 Å². The van der Waals surface area contributed by atoms with Gasteiger partial charge >= 0.3 is 0 Å². The zero-order chi connectivity index (χ0) is 9.45. The van der Waals surface area contributed by atoms with Crippen LogP contribution in [-0.2, 0) is 23.8 Å². The summed E-state index contributed by atoms with van der Waals surface area (Å²) in [5.41, 5.74) is 0. The Morgan fingerprint density at radius 1 is 1.25 bits per heavy atom. The maximum absolute atomic E-state index is 10.4. The SMILES string of the molecule is CS(=O)(=O)OC/C=C/COC=O. The Bertz CT molecular complexity index is 241. The molecule has 0 aliphatic rings. The van der Waals surface area contributed by atoms with Gasteiger partial charge < -0.3 is 4.74 Å². The lowest BCUT2D eigenvalue weighted by Gasteiger charge is -1.94. The summed E-state index contributed by atoms with van der Waals surface area (Å²) in [6, 6.07) is 0. The third-order valence-electron chi connectivity index (χ3n) is 0.806. The average Bonchev–Trinajstić information content (AvgIpc) is 1.94. The van der Waals surface area contributed by atoms with Gasteiger partial charge in [0.15, 0.2) is 0 Å². The predicted molar refractivity (Wildman–Crippen MR) is 42.0 cm³/mol. The molecule has 0 N–H and O–H groups in total. The van der Waals surface area contributed by atoms with Gasteiger partial charge in [-0.05, 0) is 6.08 Å². The standard InChI is InChI=1S/C6H10O5S/c1-12(8,9)11-5-3-2-4-10-6-7/h2-3,6H,4-5H2,1H3/b3-2+. The molecule has 0 rings (SSSR count).